The van der Waals surface area contributed by atoms with Gasteiger partial charge in [0.2, 0.25) is 11.2 Å². The zero-order valence-electron chi connectivity index (χ0n) is 9.87. The van der Waals surface area contributed by atoms with Crippen molar-refractivity contribution in [2.75, 3.05) is 12.4 Å². The Bertz CT molecular complexity index is 629. The molecule has 0 saturated carbocycles. The number of hydrogen-bond acceptors (Lipinski definition) is 7. The zero-order chi connectivity index (χ0) is 14.1. The molecular formula is C11H8ClN7. The SMILES string of the molecule is CNc1nccc(C#N)n1.N#Cc1ccnc(Cl)n1. The van der Waals surface area contributed by atoms with Gasteiger partial charge in [0.1, 0.15) is 23.5 Å². The van der Waals surface area contributed by atoms with Gasteiger partial charge < -0.3 is 5.32 Å². The van der Waals surface area contributed by atoms with Crippen LogP contribution in [0.3, 0.4) is 0 Å². The van der Waals surface area contributed by atoms with Crippen LogP contribution in [0, 0.1) is 22.7 Å². The fraction of sp³-hybridized carbons (Fsp3) is 0.0909. The normalized spacial score (nSPS) is 8.42. The standard InChI is InChI=1S/C6H6N4.C5H2ClN3/c1-8-6-9-3-2-5(4-7)10-6;6-5-8-2-1-4(3-7)9-5/h2-3H,1H3,(H,8,9,10);1-2H. The molecule has 2 aromatic rings. The average molecular weight is 274 g/mol. The van der Waals surface area contributed by atoms with E-state index < -0.39 is 0 Å². The van der Waals surface area contributed by atoms with E-state index >= 15 is 0 Å². The zero-order valence-corrected chi connectivity index (χ0v) is 10.6. The van der Waals surface area contributed by atoms with E-state index in [9.17, 15) is 0 Å². The van der Waals surface area contributed by atoms with E-state index in [-0.39, 0.29) is 11.0 Å². The molecule has 0 bridgehead atoms. The molecule has 0 aliphatic heterocycles. The minimum atomic E-state index is 0.106. The molecule has 0 amide bonds. The molecular weight excluding hydrogens is 266 g/mol. The molecule has 0 spiro atoms. The van der Waals surface area contributed by atoms with Crippen LogP contribution in [0.4, 0.5) is 5.95 Å². The van der Waals surface area contributed by atoms with Crippen molar-refractivity contribution in [3.8, 4) is 12.1 Å². The summed E-state index contributed by atoms with van der Waals surface area (Å²) in [5.74, 6) is 0.471. The Morgan fingerprint density at radius 1 is 1.05 bits per heavy atom. The molecule has 0 aliphatic carbocycles. The van der Waals surface area contributed by atoms with E-state index in [2.05, 4.69) is 25.3 Å². The predicted octanol–water partition coefficient (Wildman–Crippen LogP) is 1.39. The first-order valence-corrected chi connectivity index (χ1v) is 5.37. The molecule has 19 heavy (non-hydrogen) atoms. The van der Waals surface area contributed by atoms with Crippen LogP contribution < -0.4 is 5.32 Å². The number of nitrogens with zero attached hydrogens (tertiary/aromatic N) is 6. The third-order valence-corrected chi connectivity index (χ3v) is 1.92. The van der Waals surface area contributed by atoms with Crippen molar-refractivity contribution in [2.24, 2.45) is 0 Å². The third-order valence-electron chi connectivity index (χ3n) is 1.73. The third kappa shape index (κ3) is 4.94. The smallest absolute Gasteiger partial charge is 0.223 e. The van der Waals surface area contributed by atoms with Crippen LogP contribution in [-0.4, -0.2) is 27.0 Å². The van der Waals surface area contributed by atoms with Crippen molar-refractivity contribution < 1.29 is 0 Å². The molecule has 94 valence electrons. The van der Waals surface area contributed by atoms with E-state index in [1.807, 2.05) is 12.1 Å². The van der Waals surface area contributed by atoms with Crippen LogP contribution in [-0.2, 0) is 0 Å². The largest absolute Gasteiger partial charge is 0.357 e. The molecule has 7 nitrogen and oxygen atoms in total. The van der Waals surface area contributed by atoms with E-state index in [1.165, 1.54) is 18.5 Å². The Morgan fingerprint density at radius 2 is 1.63 bits per heavy atom. The van der Waals surface area contributed by atoms with Crippen LogP contribution in [0.5, 0.6) is 0 Å². The Labute approximate surface area is 114 Å². The van der Waals surface area contributed by atoms with Crippen LogP contribution >= 0.6 is 11.6 Å². The lowest BCUT2D eigenvalue weighted by molar-refractivity contribution is 1.13. The van der Waals surface area contributed by atoms with E-state index in [4.69, 9.17) is 22.1 Å². The molecule has 2 aromatic heterocycles. The Morgan fingerprint density at radius 3 is 2.11 bits per heavy atom. The summed E-state index contributed by atoms with van der Waals surface area (Å²) in [6.45, 7) is 0. The summed E-state index contributed by atoms with van der Waals surface area (Å²) in [4.78, 5) is 14.8. The lowest BCUT2D eigenvalue weighted by atomic mass is 10.4. The second-order valence-electron chi connectivity index (χ2n) is 2.95. The highest BCUT2D eigenvalue weighted by molar-refractivity contribution is 6.28. The van der Waals surface area contributed by atoms with E-state index in [0.717, 1.165) is 0 Å². The summed E-state index contributed by atoms with van der Waals surface area (Å²) in [6.07, 6.45) is 2.98. The highest BCUT2D eigenvalue weighted by Gasteiger charge is 1.92. The Balaban J connectivity index is 0.000000191. The molecule has 2 rings (SSSR count). The second kappa shape index (κ2) is 7.54. The number of rotatable bonds is 1. The van der Waals surface area contributed by atoms with Crippen molar-refractivity contribution in [3.63, 3.8) is 0 Å². The van der Waals surface area contributed by atoms with Crippen molar-refractivity contribution in [3.05, 3.63) is 41.2 Å². The van der Waals surface area contributed by atoms with Gasteiger partial charge >= 0.3 is 0 Å². The first-order valence-electron chi connectivity index (χ1n) is 4.99. The highest BCUT2D eigenvalue weighted by Crippen LogP contribution is 1.98. The van der Waals surface area contributed by atoms with Gasteiger partial charge in [0.05, 0.1) is 0 Å². The summed E-state index contributed by atoms with van der Waals surface area (Å²) in [5, 5.41) is 19.5. The van der Waals surface area contributed by atoms with Gasteiger partial charge in [0.25, 0.3) is 0 Å². The fourth-order valence-electron chi connectivity index (χ4n) is 0.939. The van der Waals surface area contributed by atoms with Gasteiger partial charge in [-0.2, -0.15) is 10.5 Å². The first-order chi connectivity index (χ1) is 9.19. The van der Waals surface area contributed by atoms with Crippen LogP contribution in [0.2, 0.25) is 5.28 Å². The number of nitriles is 2. The van der Waals surface area contributed by atoms with Gasteiger partial charge in [0.15, 0.2) is 0 Å². The van der Waals surface area contributed by atoms with Gasteiger partial charge in [-0.1, -0.05) is 0 Å². The van der Waals surface area contributed by atoms with E-state index in [0.29, 0.717) is 11.6 Å². The summed E-state index contributed by atoms with van der Waals surface area (Å²) >= 11 is 5.35. The number of hydrogen-bond donors (Lipinski definition) is 1. The summed E-state index contributed by atoms with van der Waals surface area (Å²) < 4.78 is 0. The molecule has 0 aliphatic rings. The van der Waals surface area contributed by atoms with Crippen LogP contribution in [0.1, 0.15) is 11.4 Å². The summed E-state index contributed by atoms with van der Waals surface area (Å²) in [7, 11) is 1.70. The molecule has 2 heterocycles. The predicted molar refractivity (Wildman–Crippen MR) is 68.1 cm³/mol. The Hall–Kier alpha value is -2.77. The van der Waals surface area contributed by atoms with Gasteiger partial charge in [-0.3, -0.25) is 0 Å². The Kier molecular flexibility index (Phi) is 5.67. The van der Waals surface area contributed by atoms with Crippen molar-refractivity contribution in [2.45, 2.75) is 0 Å². The number of halogens is 1. The van der Waals surface area contributed by atoms with E-state index in [1.54, 1.807) is 13.1 Å². The second-order valence-corrected chi connectivity index (χ2v) is 3.29. The molecule has 0 aromatic carbocycles. The minimum Gasteiger partial charge on any atom is -0.357 e. The maximum atomic E-state index is 8.39. The topological polar surface area (TPSA) is 111 Å². The van der Waals surface area contributed by atoms with Gasteiger partial charge in [-0.25, -0.2) is 19.9 Å². The highest BCUT2D eigenvalue weighted by atomic mass is 35.5. The van der Waals surface area contributed by atoms with Crippen LogP contribution in [0.15, 0.2) is 24.5 Å². The lowest BCUT2D eigenvalue weighted by Gasteiger charge is -1.94. The average Bonchev–Trinajstić information content (AvgIpc) is 2.48. The van der Waals surface area contributed by atoms with Gasteiger partial charge in [0, 0.05) is 19.4 Å². The summed E-state index contributed by atoms with van der Waals surface area (Å²) in [5.41, 5.74) is 0.661. The van der Waals surface area contributed by atoms with Crippen LogP contribution in [0.25, 0.3) is 0 Å². The van der Waals surface area contributed by atoms with Gasteiger partial charge in [-0.05, 0) is 23.7 Å². The van der Waals surface area contributed by atoms with Gasteiger partial charge in [-0.15, -0.1) is 0 Å². The molecule has 0 fully saturated rings. The molecule has 1 N–H and O–H groups in total. The number of aromatic nitrogens is 4. The monoisotopic (exact) mass is 273 g/mol. The van der Waals surface area contributed by atoms with Crippen molar-refractivity contribution in [1.82, 2.24) is 19.9 Å². The van der Waals surface area contributed by atoms with Crippen molar-refractivity contribution in [1.29, 1.82) is 10.5 Å². The maximum absolute atomic E-state index is 8.39. The lowest BCUT2D eigenvalue weighted by Crippen LogP contribution is -1.96. The molecule has 0 atom stereocenters. The first kappa shape index (κ1) is 14.3. The summed E-state index contributed by atoms with van der Waals surface area (Å²) in [6, 6.07) is 6.79. The molecule has 0 saturated heterocycles. The molecule has 0 unspecified atom stereocenters. The maximum Gasteiger partial charge on any atom is 0.223 e. The number of nitrogens with one attached hydrogen (secondary N) is 1. The fourth-order valence-corrected chi connectivity index (χ4v) is 1.09. The minimum absolute atomic E-state index is 0.106. The quantitative estimate of drug-likeness (QED) is 0.781. The van der Waals surface area contributed by atoms with Crippen molar-refractivity contribution >= 4 is 17.5 Å². The molecule has 0 radical (unpaired) electrons. The number of anilines is 1. The molecule has 8 heteroatoms.